The van der Waals surface area contributed by atoms with Crippen molar-refractivity contribution in [3.05, 3.63) is 118 Å². The van der Waals surface area contributed by atoms with Gasteiger partial charge in [-0.25, -0.2) is 0 Å². The monoisotopic (exact) mass is 1190 g/mol. The fourth-order valence-electron chi connectivity index (χ4n) is 12.0. The van der Waals surface area contributed by atoms with Gasteiger partial charge in [-0.05, 0) is 122 Å². The number of hydrogen-bond acceptors (Lipinski definition) is 13. The zero-order chi connectivity index (χ0) is 55.8. The van der Waals surface area contributed by atoms with Crippen molar-refractivity contribution >= 4 is 49.5 Å². The van der Waals surface area contributed by atoms with Gasteiger partial charge in [-0.1, -0.05) is 86.8 Å². The molecule has 2 aromatic heterocycles. The van der Waals surface area contributed by atoms with Crippen LogP contribution in [0.15, 0.2) is 78.9 Å². The molecular weight excluding hydrogens is 1110 g/mol. The second kappa shape index (κ2) is 27.5. The molecule has 3 aromatic carbocycles. The number of benzene rings is 3. The van der Waals surface area contributed by atoms with Gasteiger partial charge in [-0.3, -0.25) is 38.9 Å². The average molecular weight is 1190 g/mol. The molecule has 3 aliphatic rings. The van der Waals surface area contributed by atoms with E-state index < -0.39 is 27.8 Å². The molecule has 2 saturated carbocycles. The number of unbranched alkanes of at least 4 members (excludes halogenated alkanes) is 2. The number of rotatable bonds is 21. The van der Waals surface area contributed by atoms with Crippen LogP contribution in [-0.2, 0) is 50.6 Å². The standard InChI is InChI=1S/C57H81ClN10O8P2.Cu/c1-41-9-18-50-45(31-41)14-16-48(61-50)37-64-23-27-66(39-77(71,72)73)29-25-65(26-30-67(28-24-64)40-78(74,75)76)38-53(69)60-22-8-6-7-21-59-35-43-10-12-44(13-11-43)36-68-52(46-15-17-49(58)42(2)32-46)33-51(63-68)54(70)62-55-56(3,4)47-19-20-57(55,5)34-47;/h9-18,31-33,47,55,59H,6-8,19-30,34-40H2,1-5H3,(H,60,69)(H,62,70)(H2,71,72,73)(H2,74,75,76);/q;+2/p-2. The van der Waals surface area contributed by atoms with E-state index in [1.165, 1.54) is 6.42 Å². The maximum Gasteiger partial charge on any atom is 2.00 e. The van der Waals surface area contributed by atoms with Gasteiger partial charge in [0, 0.05) is 94.0 Å². The maximum absolute atomic E-state index is 13.9. The molecule has 8 rings (SSSR count). The summed E-state index contributed by atoms with van der Waals surface area (Å²) in [5.74, 6) is 0.259. The first-order valence-electron chi connectivity index (χ1n) is 27.5. The summed E-state index contributed by atoms with van der Waals surface area (Å²) in [6, 6.07) is 26.3. The Hall–Kier alpha value is -3.87. The van der Waals surface area contributed by atoms with Crippen molar-refractivity contribution < 1.29 is 55.4 Å². The van der Waals surface area contributed by atoms with E-state index in [0.29, 0.717) is 55.9 Å². The number of aryl methyl sites for hydroxylation is 2. The Morgan fingerprint density at radius 3 is 2.03 bits per heavy atom. The summed E-state index contributed by atoms with van der Waals surface area (Å²) in [6.45, 7) is 16.1. The van der Waals surface area contributed by atoms with Gasteiger partial charge >= 0.3 is 17.1 Å². The number of amides is 2. The second-order valence-electron chi connectivity index (χ2n) is 23.1. The van der Waals surface area contributed by atoms with Gasteiger partial charge in [-0.15, -0.1) is 0 Å². The Balaban J connectivity index is 0.00000903. The average Bonchev–Trinajstić information content (AvgIpc) is 3.96. The predicted octanol–water partition coefficient (Wildman–Crippen LogP) is 6.16. The van der Waals surface area contributed by atoms with Crippen molar-refractivity contribution in [3.8, 4) is 11.3 Å². The van der Waals surface area contributed by atoms with E-state index in [1.807, 2.05) is 72.0 Å². The number of halogens is 1. The third-order valence-corrected chi connectivity index (χ3v) is 18.3. The molecule has 3 heterocycles. The van der Waals surface area contributed by atoms with Crippen LogP contribution >= 0.6 is 26.8 Å². The van der Waals surface area contributed by atoms with Crippen molar-refractivity contribution in [1.82, 2.24) is 50.3 Å². The first-order valence-corrected chi connectivity index (χ1v) is 31.4. The molecule has 5 aromatic rings. The first-order chi connectivity index (χ1) is 37.0. The van der Waals surface area contributed by atoms with Gasteiger partial charge in [0.05, 0.1) is 42.6 Å². The number of fused-ring (bicyclic) bond motifs is 3. The molecule has 79 heavy (non-hydrogen) atoms. The van der Waals surface area contributed by atoms with Crippen LogP contribution in [0.5, 0.6) is 0 Å². The van der Waals surface area contributed by atoms with Crippen LogP contribution < -0.4 is 25.7 Å². The number of carbonyl (C=O) groups is 2. The van der Waals surface area contributed by atoms with E-state index in [2.05, 4.69) is 72.0 Å². The number of carbonyl (C=O) groups excluding carboxylic acids is 2. The van der Waals surface area contributed by atoms with Gasteiger partial charge in [-0.2, -0.15) is 5.10 Å². The topological polar surface area (TPSA) is 235 Å². The molecule has 2 amide bonds. The normalized spacial score (nSPS) is 22.1. The predicted molar refractivity (Wildman–Crippen MR) is 303 cm³/mol. The summed E-state index contributed by atoms with van der Waals surface area (Å²) in [5, 5.41) is 16.6. The molecule has 22 heteroatoms. The molecule has 18 nitrogen and oxygen atoms in total. The summed E-state index contributed by atoms with van der Waals surface area (Å²) >= 11 is 6.42. The molecule has 5 unspecified atom stereocenters. The first kappa shape index (κ1) is 62.7. The van der Waals surface area contributed by atoms with Crippen molar-refractivity contribution in [3.63, 3.8) is 0 Å². The summed E-state index contributed by atoms with van der Waals surface area (Å²) in [7, 11) is -9.33. The Morgan fingerprint density at radius 2 is 1.39 bits per heavy atom. The second-order valence-corrected chi connectivity index (χ2v) is 26.6. The third-order valence-electron chi connectivity index (χ3n) is 16.4. The van der Waals surface area contributed by atoms with Gasteiger partial charge in [0.25, 0.3) is 5.91 Å². The number of nitrogens with one attached hydrogen (secondary N) is 3. The number of hydrogen-bond donors (Lipinski definition) is 5. The van der Waals surface area contributed by atoms with E-state index in [9.17, 15) is 38.3 Å². The zero-order valence-electron chi connectivity index (χ0n) is 46.3. The summed E-state index contributed by atoms with van der Waals surface area (Å²) < 4.78 is 26.2. The van der Waals surface area contributed by atoms with E-state index in [1.54, 1.807) is 9.80 Å². The van der Waals surface area contributed by atoms with E-state index in [4.69, 9.17) is 21.7 Å². The Bertz CT molecular complexity index is 2930. The Morgan fingerprint density at radius 1 is 0.759 bits per heavy atom. The van der Waals surface area contributed by atoms with Gasteiger partial charge in [0.15, 0.2) is 5.69 Å². The largest absolute Gasteiger partial charge is 2.00 e. The summed E-state index contributed by atoms with van der Waals surface area (Å²) in [6.07, 6.45) is 4.95. The van der Waals surface area contributed by atoms with Crippen LogP contribution in [0, 0.1) is 30.6 Å². The smallest absolute Gasteiger partial charge is 0.778 e. The fraction of sp³-hybridized carbons (Fsp3) is 0.544. The molecule has 1 saturated heterocycles. The van der Waals surface area contributed by atoms with Gasteiger partial charge < -0.3 is 44.7 Å². The van der Waals surface area contributed by atoms with Crippen LogP contribution in [0.2, 0.25) is 5.02 Å². The minimum Gasteiger partial charge on any atom is -0.778 e. The number of nitrogens with zero attached hydrogens (tertiary/aromatic N) is 7. The van der Waals surface area contributed by atoms with E-state index in [-0.39, 0.29) is 91.6 Å². The molecule has 0 spiro atoms. The van der Waals surface area contributed by atoms with E-state index in [0.717, 1.165) is 88.8 Å². The Labute approximate surface area is 481 Å². The molecule has 2 bridgehead atoms. The molecule has 3 fully saturated rings. The summed E-state index contributed by atoms with van der Waals surface area (Å²) in [4.78, 5) is 83.4. The van der Waals surface area contributed by atoms with Crippen molar-refractivity contribution in [2.75, 3.05) is 84.6 Å². The van der Waals surface area contributed by atoms with Crippen LogP contribution in [0.4, 0.5) is 0 Å². The molecule has 1 radical (unpaired) electrons. The minimum atomic E-state index is -4.66. The molecule has 1 aliphatic heterocycles. The minimum absolute atomic E-state index is 0. The van der Waals surface area contributed by atoms with Crippen LogP contribution in [0.25, 0.3) is 22.2 Å². The fourth-order valence-corrected chi connectivity index (χ4v) is 13.7. The van der Waals surface area contributed by atoms with Crippen molar-refractivity contribution in [2.45, 2.75) is 98.8 Å². The zero-order valence-corrected chi connectivity index (χ0v) is 49.8. The van der Waals surface area contributed by atoms with E-state index >= 15 is 0 Å². The Kier molecular flexibility index (Phi) is 21.8. The van der Waals surface area contributed by atoms with Crippen molar-refractivity contribution in [1.29, 1.82) is 0 Å². The number of aromatic nitrogens is 3. The van der Waals surface area contributed by atoms with Crippen LogP contribution in [-0.4, -0.2) is 147 Å². The quantitative estimate of drug-likeness (QED) is 0.0314. The van der Waals surface area contributed by atoms with Crippen molar-refractivity contribution in [2.24, 2.45) is 16.7 Å². The molecule has 5 atom stereocenters. The molecule has 5 N–H and O–H groups in total. The maximum atomic E-state index is 13.9. The molecular formula is C57H79ClCuN10O8P2. The van der Waals surface area contributed by atoms with Crippen LogP contribution in [0.3, 0.4) is 0 Å². The SMILES string of the molecule is Cc1ccc2nc(CN3CCN(CP(=O)([O-])O)CCN(CC(=O)NCCCCCNCc4ccc(Cn5nc(C(=O)NC6C7(C)CCC(C7)C6(C)C)cc5-c5ccc(Cl)c(C)c5)cc4)CCN(CP(=O)([O-])O)CC3)ccc2c1.[Cu+2]. The van der Waals surface area contributed by atoms with Crippen LogP contribution in [0.1, 0.15) is 97.7 Å². The molecule has 2 aliphatic carbocycles. The molecule has 433 valence electrons. The summed E-state index contributed by atoms with van der Waals surface area (Å²) in [5.41, 5.74) is 8.22. The number of pyridine rings is 1. The third kappa shape index (κ3) is 17.8. The van der Waals surface area contributed by atoms with Gasteiger partial charge in [0.1, 0.15) is 15.2 Å². The van der Waals surface area contributed by atoms with Gasteiger partial charge in [0.2, 0.25) is 5.91 Å².